The number of hydrogen-bond acceptors (Lipinski definition) is 2. The third kappa shape index (κ3) is 4.09. The Bertz CT molecular complexity index is 196. The van der Waals surface area contributed by atoms with Crippen LogP contribution in [0, 0.1) is 5.92 Å². The van der Waals surface area contributed by atoms with Crippen LogP contribution in [0.4, 0.5) is 0 Å². The highest BCUT2D eigenvalue weighted by Gasteiger charge is 2.23. The van der Waals surface area contributed by atoms with Crippen LogP contribution in [0.2, 0.25) is 0 Å². The summed E-state index contributed by atoms with van der Waals surface area (Å²) in [5, 5.41) is 12.5. The van der Waals surface area contributed by atoms with Crippen LogP contribution in [0.15, 0.2) is 0 Å². The lowest BCUT2D eigenvalue weighted by Gasteiger charge is -2.20. The predicted octanol–water partition coefficient (Wildman–Crippen LogP) is 1.45. The van der Waals surface area contributed by atoms with E-state index in [1.165, 1.54) is 0 Å². The van der Waals surface area contributed by atoms with Gasteiger partial charge in [-0.05, 0) is 39.5 Å². The minimum Gasteiger partial charge on any atom is -0.390 e. The molecule has 2 N–H and O–H groups in total. The van der Waals surface area contributed by atoms with Crippen LogP contribution in [0.3, 0.4) is 0 Å². The number of hydrogen-bond donors (Lipinski definition) is 2. The van der Waals surface area contributed by atoms with Gasteiger partial charge >= 0.3 is 0 Å². The van der Waals surface area contributed by atoms with Crippen molar-refractivity contribution in [1.29, 1.82) is 0 Å². The molecule has 1 rings (SSSR count). The van der Waals surface area contributed by atoms with Crippen molar-refractivity contribution in [2.24, 2.45) is 5.92 Å². The Balaban J connectivity index is 2.37. The van der Waals surface area contributed by atoms with Crippen molar-refractivity contribution in [3.63, 3.8) is 0 Å². The largest absolute Gasteiger partial charge is 0.390 e. The molecule has 0 bridgehead atoms. The van der Waals surface area contributed by atoms with Gasteiger partial charge in [-0.1, -0.05) is 6.42 Å². The Labute approximate surface area is 85.9 Å². The van der Waals surface area contributed by atoms with Crippen LogP contribution >= 0.6 is 0 Å². The van der Waals surface area contributed by atoms with Gasteiger partial charge in [-0.2, -0.15) is 0 Å². The van der Waals surface area contributed by atoms with E-state index in [1.54, 1.807) is 13.8 Å². The maximum absolute atomic E-state index is 11.5. The minimum absolute atomic E-state index is 0.115. The molecular weight excluding hydrogens is 178 g/mol. The maximum atomic E-state index is 11.5. The summed E-state index contributed by atoms with van der Waals surface area (Å²) >= 11 is 0. The van der Waals surface area contributed by atoms with E-state index in [9.17, 15) is 9.90 Å². The van der Waals surface area contributed by atoms with Gasteiger partial charge in [0.1, 0.15) is 0 Å². The molecule has 1 saturated heterocycles. The molecule has 0 aromatic carbocycles. The molecule has 0 radical (unpaired) electrons. The van der Waals surface area contributed by atoms with Crippen LogP contribution in [-0.2, 0) is 4.79 Å². The van der Waals surface area contributed by atoms with Gasteiger partial charge in [-0.3, -0.25) is 4.79 Å². The molecule has 14 heavy (non-hydrogen) atoms. The highest BCUT2D eigenvalue weighted by atomic mass is 16.3. The first kappa shape index (κ1) is 11.5. The first-order valence-corrected chi connectivity index (χ1v) is 5.49. The number of rotatable bonds is 3. The second-order valence-corrected chi connectivity index (χ2v) is 4.83. The molecule has 1 atom stereocenters. The quantitative estimate of drug-likeness (QED) is 0.723. The zero-order chi connectivity index (χ0) is 10.6. The molecule has 82 valence electrons. The lowest BCUT2D eigenvalue weighted by molar-refractivity contribution is -0.125. The molecule has 0 saturated carbocycles. The summed E-state index contributed by atoms with van der Waals surface area (Å²) < 4.78 is 0. The number of carbonyl (C=O) groups excluding carboxylic acids is 1. The molecule has 1 unspecified atom stereocenters. The molecule has 1 aliphatic rings. The zero-order valence-corrected chi connectivity index (χ0v) is 9.18. The molecule has 3 heteroatoms. The third-order valence-electron chi connectivity index (χ3n) is 2.75. The Morgan fingerprint density at radius 3 is 2.86 bits per heavy atom. The highest BCUT2D eigenvalue weighted by molar-refractivity contribution is 5.78. The second kappa shape index (κ2) is 4.78. The Morgan fingerprint density at radius 2 is 2.21 bits per heavy atom. The van der Waals surface area contributed by atoms with Crippen molar-refractivity contribution < 1.29 is 9.90 Å². The van der Waals surface area contributed by atoms with Crippen LogP contribution in [0.25, 0.3) is 0 Å². The van der Waals surface area contributed by atoms with Crippen LogP contribution in [0.1, 0.15) is 46.0 Å². The summed E-state index contributed by atoms with van der Waals surface area (Å²) in [6.07, 6.45) is 4.68. The van der Waals surface area contributed by atoms with Crippen LogP contribution < -0.4 is 5.32 Å². The van der Waals surface area contributed by atoms with E-state index in [1.807, 2.05) is 0 Å². The van der Waals surface area contributed by atoms with E-state index in [0.717, 1.165) is 32.2 Å². The summed E-state index contributed by atoms with van der Waals surface area (Å²) in [5.41, 5.74) is -0.646. The number of nitrogens with one attached hydrogen (secondary N) is 1. The smallest absolute Gasteiger partial charge is 0.223 e. The molecular formula is C11H21NO2. The maximum Gasteiger partial charge on any atom is 0.223 e. The van der Waals surface area contributed by atoms with Gasteiger partial charge < -0.3 is 10.4 Å². The average Bonchev–Trinajstić information content (AvgIpc) is 2.25. The molecule has 3 nitrogen and oxygen atoms in total. The van der Waals surface area contributed by atoms with Crippen molar-refractivity contribution in [2.75, 3.05) is 6.54 Å². The number of carbonyl (C=O) groups is 1. The summed E-state index contributed by atoms with van der Waals surface area (Å²) in [6.45, 7) is 4.40. The van der Waals surface area contributed by atoms with Gasteiger partial charge in [-0.15, -0.1) is 0 Å². The summed E-state index contributed by atoms with van der Waals surface area (Å²) in [7, 11) is 0. The Kier molecular flexibility index (Phi) is 3.93. The fraction of sp³-hybridized carbons (Fsp3) is 0.909. The lowest BCUT2D eigenvalue weighted by Crippen LogP contribution is -2.30. The monoisotopic (exact) mass is 199 g/mol. The molecule has 0 spiro atoms. The molecule has 0 aromatic heterocycles. The summed E-state index contributed by atoms with van der Waals surface area (Å²) in [4.78, 5) is 11.5. The van der Waals surface area contributed by atoms with Crippen LogP contribution in [0.5, 0.6) is 0 Å². The number of amides is 1. The second-order valence-electron chi connectivity index (χ2n) is 4.83. The molecule has 0 aromatic rings. The number of aliphatic hydroxyl groups is 1. The van der Waals surface area contributed by atoms with E-state index in [-0.39, 0.29) is 11.8 Å². The molecule has 0 aliphatic carbocycles. The van der Waals surface area contributed by atoms with Crippen molar-refractivity contribution in [3.05, 3.63) is 0 Å². The molecule has 1 amide bonds. The van der Waals surface area contributed by atoms with Gasteiger partial charge in [0, 0.05) is 12.5 Å². The van der Waals surface area contributed by atoms with Crippen molar-refractivity contribution in [2.45, 2.75) is 51.6 Å². The lowest BCUT2D eigenvalue weighted by atomic mass is 9.91. The first-order valence-electron chi connectivity index (χ1n) is 5.49. The molecule has 1 aliphatic heterocycles. The van der Waals surface area contributed by atoms with E-state index < -0.39 is 5.60 Å². The first-order chi connectivity index (χ1) is 6.49. The average molecular weight is 199 g/mol. The predicted molar refractivity (Wildman–Crippen MR) is 55.9 cm³/mol. The van der Waals surface area contributed by atoms with Gasteiger partial charge in [-0.25, -0.2) is 0 Å². The third-order valence-corrected chi connectivity index (χ3v) is 2.75. The van der Waals surface area contributed by atoms with E-state index in [0.29, 0.717) is 6.42 Å². The van der Waals surface area contributed by atoms with Gasteiger partial charge in [0.25, 0.3) is 0 Å². The normalized spacial score (nSPS) is 24.2. The van der Waals surface area contributed by atoms with Crippen molar-refractivity contribution in [1.82, 2.24) is 5.32 Å². The standard InChI is InChI=1S/C11H21NO2/c1-11(2,14)7-6-9-5-3-4-8-12-10(9)13/h9,14H,3-8H2,1-2H3,(H,12,13). The summed E-state index contributed by atoms with van der Waals surface area (Å²) in [5.74, 6) is 0.288. The zero-order valence-electron chi connectivity index (χ0n) is 9.18. The van der Waals surface area contributed by atoms with Gasteiger partial charge in [0.05, 0.1) is 5.60 Å². The van der Waals surface area contributed by atoms with Crippen molar-refractivity contribution >= 4 is 5.91 Å². The van der Waals surface area contributed by atoms with E-state index in [4.69, 9.17) is 0 Å². The van der Waals surface area contributed by atoms with Crippen LogP contribution in [-0.4, -0.2) is 23.2 Å². The van der Waals surface area contributed by atoms with E-state index in [2.05, 4.69) is 5.32 Å². The fourth-order valence-corrected chi connectivity index (χ4v) is 1.81. The van der Waals surface area contributed by atoms with Gasteiger partial charge in [0.15, 0.2) is 0 Å². The van der Waals surface area contributed by atoms with Gasteiger partial charge in [0.2, 0.25) is 5.91 Å². The highest BCUT2D eigenvalue weighted by Crippen LogP contribution is 2.21. The minimum atomic E-state index is -0.646. The summed E-state index contributed by atoms with van der Waals surface area (Å²) in [6, 6.07) is 0. The fourth-order valence-electron chi connectivity index (χ4n) is 1.81. The SMILES string of the molecule is CC(C)(O)CCC1CCCCNC1=O. The topological polar surface area (TPSA) is 49.3 Å². The van der Waals surface area contributed by atoms with E-state index >= 15 is 0 Å². The van der Waals surface area contributed by atoms with Crippen molar-refractivity contribution in [3.8, 4) is 0 Å². The Hall–Kier alpha value is -0.570. The molecule has 1 fully saturated rings. The molecule has 1 heterocycles. The Morgan fingerprint density at radius 1 is 1.50 bits per heavy atom.